The summed E-state index contributed by atoms with van der Waals surface area (Å²) in [5.74, 6) is 1.57. The van der Waals surface area contributed by atoms with E-state index in [1.54, 1.807) is 0 Å². The lowest BCUT2D eigenvalue weighted by Crippen LogP contribution is -2.33. The molecule has 0 atom stereocenters. The van der Waals surface area contributed by atoms with Gasteiger partial charge in [-0.25, -0.2) is 9.97 Å². The molecule has 0 radical (unpaired) electrons. The Kier molecular flexibility index (Phi) is 4.99. The van der Waals surface area contributed by atoms with Crippen molar-refractivity contribution in [1.29, 1.82) is 0 Å². The van der Waals surface area contributed by atoms with Crippen molar-refractivity contribution in [2.24, 2.45) is 0 Å². The SMILES string of the molecule is Cc1nc(Cl)c(C)c(NCCN(C)C2CCCC2)n1. The summed E-state index contributed by atoms with van der Waals surface area (Å²) >= 11 is 6.06. The van der Waals surface area contributed by atoms with E-state index in [9.17, 15) is 0 Å². The van der Waals surface area contributed by atoms with Gasteiger partial charge in [-0.15, -0.1) is 0 Å². The van der Waals surface area contributed by atoms with Crippen LogP contribution in [0.1, 0.15) is 37.1 Å². The Hall–Kier alpha value is -0.870. The second kappa shape index (κ2) is 6.53. The maximum Gasteiger partial charge on any atom is 0.137 e. The lowest BCUT2D eigenvalue weighted by atomic mass is 10.2. The molecule has 2 rings (SSSR count). The minimum absolute atomic E-state index is 0.541. The molecule has 1 aromatic heterocycles. The maximum atomic E-state index is 6.06. The highest BCUT2D eigenvalue weighted by Crippen LogP contribution is 2.22. The zero-order valence-electron chi connectivity index (χ0n) is 12.0. The quantitative estimate of drug-likeness (QED) is 0.843. The summed E-state index contributed by atoms with van der Waals surface area (Å²) in [6, 6.07) is 0.763. The van der Waals surface area contributed by atoms with E-state index in [1.807, 2.05) is 13.8 Å². The van der Waals surface area contributed by atoms with Gasteiger partial charge in [0, 0.05) is 24.7 Å². The number of halogens is 1. The Labute approximate surface area is 120 Å². The molecule has 0 unspecified atom stereocenters. The van der Waals surface area contributed by atoms with Crippen LogP contribution in [0.2, 0.25) is 5.15 Å². The minimum atomic E-state index is 0.541. The van der Waals surface area contributed by atoms with Gasteiger partial charge in [-0.05, 0) is 33.7 Å². The van der Waals surface area contributed by atoms with E-state index >= 15 is 0 Å². The average Bonchev–Trinajstić information content (AvgIpc) is 2.88. The Balaban J connectivity index is 1.85. The van der Waals surface area contributed by atoms with Crippen molar-refractivity contribution in [2.45, 2.75) is 45.6 Å². The van der Waals surface area contributed by atoms with Crippen LogP contribution in [0, 0.1) is 13.8 Å². The Bertz CT molecular complexity index is 430. The molecule has 0 aromatic carbocycles. The van der Waals surface area contributed by atoms with E-state index in [0.717, 1.165) is 30.5 Å². The summed E-state index contributed by atoms with van der Waals surface area (Å²) < 4.78 is 0. The molecular formula is C14H23ClN4. The first-order chi connectivity index (χ1) is 9.08. The Morgan fingerprint density at radius 1 is 1.26 bits per heavy atom. The summed E-state index contributed by atoms with van der Waals surface area (Å²) in [7, 11) is 2.21. The lowest BCUT2D eigenvalue weighted by molar-refractivity contribution is 0.254. The average molecular weight is 283 g/mol. The second-order valence-electron chi connectivity index (χ2n) is 5.38. The number of likely N-dealkylation sites (N-methyl/N-ethyl adjacent to an activating group) is 1. The van der Waals surface area contributed by atoms with Crippen LogP contribution in [-0.4, -0.2) is 41.0 Å². The monoisotopic (exact) mass is 282 g/mol. The molecule has 0 spiro atoms. The summed E-state index contributed by atoms with van der Waals surface area (Å²) in [6.45, 7) is 5.73. The third-order valence-electron chi connectivity index (χ3n) is 3.90. The summed E-state index contributed by atoms with van der Waals surface area (Å²) in [6.07, 6.45) is 5.44. The van der Waals surface area contributed by atoms with Crippen molar-refractivity contribution in [1.82, 2.24) is 14.9 Å². The predicted octanol–water partition coefficient (Wildman–Crippen LogP) is 3.03. The maximum absolute atomic E-state index is 6.06. The van der Waals surface area contributed by atoms with E-state index < -0.39 is 0 Å². The van der Waals surface area contributed by atoms with E-state index in [4.69, 9.17) is 11.6 Å². The van der Waals surface area contributed by atoms with E-state index in [1.165, 1.54) is 25.7 Å². The van der Waals surface area contributed by atoms with Gasteiger partial charge >= 0.3 is 0 Å². The smallest absolute Gasteiger partial charge is 0.137 e. The Morgan fingerprint density at radius 3 is 2.63 bits per heavy atom. The number of anilines is 1. The van der Waals surface area contributed by atoms with Crippen LogP contribution >= 0.6 is 11.6 Å². The summed E-state index contributed by atoms with van der Waals surface area (Å²) in [5, 5.41) is 3.91. The van der Waals surface area contributed by atoms with Gasteiger partial charge in [0.2, 0.25) is 0 Å². The van der Waals surface area contributed by atoms with Gasteiger partial charge in [-0.3, -0.25) is 0 Å². The molecule has 1 N–H and O–H groups in total. The topological polar surface area (TPSA) is 41.1 Å². The fourth-order valence-corrected chi connectivity index (χ4v) is 2.86. The van der Waals surface area contributed by atoms with Crippen LogP contribution in [-0.2, 0) is 0 Å². The second-order valence-corrected chi connectivity index (χ2v) is 5.74. The van der Waals surface area contributed by atoms with Crippen LogP contribution in [0.4, 0.5) is 5.82 Å². The molecule has 1 aliphatic carbocycles. The van der Waals surface area contributed by atoms with Crippen molar-refractivity contribution in [3.8, 4) is 0 Å². The van der Waals surface area contributed by atoms with Crippen LogP contribution < -0.4 is 5.32 Å². The fraction of sp³-hybridized carbons (Fsp3) is 0.714. The van der Waals surface area contributed by atoms with Crippen molar-refractivity contribution < 1.29 is 0 Å². The molecule has 5 heteroatoms. The number of aryl methyl sites for hydroxylation is 1. The van der Waals surface area contributed by atoms with E-state index in [-0.39, 0.29) is 0 Å². The van der Waals surface area contributed by atoms with E-state index in [2.05, 4.69) is 27.2 Å². The number of aromatic nitrogens is 2. The number of rotatable bonds is 5. The molecule has 1 heterocycles. The molecule has 106 valence electrons. The number of nitrogens with zero attached hydrogens (tertiary/aromatic N) is 3. The fourth-order valence-electron chi connectivity index (χ4n) is 2.64. The van der Waals surface area contributed by atoms with Gasteiger partial charge in [0.25, 0.3) is 0 Å². The van der Waals surface area contributed by atoms with Crippen LogP contribution in [0.3, 0.4) is 0 Å². The molecule has 0 aliphatic heterocycles. The lowest BCUT2D eigenvalue weighted by Gasteiger charge is -2.24. The van der Waals surface area contributed by atoms with Crippen molar-refractivity contribution in [3.05, 3.63) is 16.5 Å². The third-order valence-corrected chi connectivity index (χ3v) is 4.27. The van der Waals surface area contributed by atoms with Gasteiger partial charge in [-0.1, -0.05) is 24.4 Å². The van der Waals surface area contributed by atoms with Gasteiger partial charge < -0.3 is 10.2 Å². The zero-order valence-corrected chi connectivity index (χ0v) is 12.8. The normalized spacial score (nSPS) is 16.3. The molecular weight excluding hydrogens is 260 g/mol. The van der Waals surface area contributed by atoms with Gasteiger partial charge in [0.05, 0.1) is 0 Å². The standard InChI is InChI=1S/C14H23ClN4/c1-10-13(15)17-11(2)18-14(10)16-8-9-19(3)12-6-4-5-7-12/h12H,4-9H2,1-3H3,(H,16,17,18). The molecule has 0 amide bonds. The van der Waals surface area contributed by atoms with Crippen LogP contribution in [0.15, 0.2) is 0 Å². The highest BCUT2D eigenvalue weighted by Gasteiger charge is 2.18. The minimum Gasteiger partial charge on any atom is -0.368 e. The zero-order chi connectivity index (χ0) is 13.8. The predicted molar refractivity (Wildman–Crippen MR) is 79.9 cm³/mol. The van der Waals surface area contributed by atoms with Crippen molar-refractivity contribution in [3.63, 3.8) is 0 Å². The van der Waals surface area contributed by atoms with Crippen molar-refractivity contribution >= 4 is 17.4 Å². The Morgan fingerprint density at radius 2 is 1.95 bits per heavy atom. The number of hydrogen-bond acceptors (Lipinski definition) is 4. The largest absolute Gasteiger partial charge is 0.368 e. The number of nitrogens with one attached hydrogen (secondary N) is 1. The summed E-state index contributed by atoms with van der Waals surface area (Å²) in [5.41, 5.74) is 0.927. The van der Waals surface area contributed by atoms with Crippen LogP contribution in [0.25, 0.3) is 0 Å². The van der Waals surface area contributed by atoms with Gasteiger partial charge in [0.15, 0.2) is 0 Å². The van der Waals surface area contributed by atoms with Gasteiger partial charge in [0.1, 0.15) is 16.8 Å². The highest BCUT2D eigenvalue weighted by atomic mass is 35.5. The molecule has 4 nitrogen and oxygen atoms in total. The molecule has 0 saturated heterocycles. The third kappa shape index (κ3) is 3.80. The van der Waals surface area contributed by atoms with Crippen molar-refractivity contribution in [2.75, 3.05) is 25.5 Å². The highest BCUT2D eigenvalue weighted by molar-refractivity contribution is 6.30. The molecule has 1 saturated carbocycles. The molecule has 1 aliphatic rings. The first-order valence-corrected chi connectivity index (χ1v) is 7.40. The van der Waals surface area contributed by atoms with Crippen LogP contribution in [0.5, 0.6) is 0 Å². The molecule has 19 heavy (non-hydrogen) atoms. The molecule has 0 bridgehead atoms. The molecule has 1 fully saturated rings. The van der Waals surface area contributed by atoms with E-state index in [0.29, 0.717) is 11.0 Å². The summed E-state index contributed by atoms with van der Waals surface area (Å²) in [4.78, 5) is 11.0. The van der Waals surface area contributed by atoms with Gasteiger partial charge in [-0.2, -0.15) is 0 Å². The number of hydrogen-bond donors (Lipinski definition) is 1. The first-order valence-electron chi connectivity index (χ1n) is 7.03. The first kappa shape index (κ1) is 14.5. The molecule has 1 aromatic rings.